The van der Waals surface area contributed by atoms with E-state index >= 15 is 4.39 Å². The molecule has 266 valence electrons. The summed E-state index contributed by atoms with van der Waals surface area (Å²) >= 11 is 0. The average Bonchev–Trinajstić information content (AvgIpc) is 3.97. The normalized spacial score (nSPS) is 12.9. The van der Waals surface area contributed by atoms with Crippen molar-refractivity contribution in [1.29, 1.82) is 0 Å². The molecule has 0 atom stereocenters. The van der Waals surface area contributed by atoms with Crippen LogP contribution in [-0.2, 0) is 6.54 Å². The first kappa shape index (κ1) is 44.6. The van der Waals surface area contributed by atoms with Crippen LogP contribution in [-0.4, -0.2) is 12.0 Å². The number of nitrogens with two attached hydrogens (primary N) is 1. The Hall–Kier alpha value is -5.41. The first-order chi connectivity index (χ1) is 23.9. The van der Waals surface area contributed by atoms with Gasteiger partial charge in [0.25, 0.3) is 0 Å². The summed E-state index contributed by atoms with van der Waals surface area (Å²) in [4.78, 5) is 4.37. The van der Waals surface area contributed by atoms with E-state index in [4.69, 9.17) is 5.73 Å². The predicted molar refractivity (Wildman–Crippen MR) is 213 cm³/mol. The van der Waals surface area contributed by atoms with Gasteiger partial charge in [-0.05, 0) is 99.2 Å². The van der Waals surface area contributed by atoms with Crippen LogP contribution in [0.15, 0.2) is 145 Å². The van der Waals surface area contributed by atoms with Crippen LogP contribution in [0.5, 0.6) is 0 Å². The maximum absolute atomic E-state index is 16.1. The second-order valence-corrected chi connectivity index (χ2v) is 10.9. The van der Waals surface area contributed by atoms with Gasteiger partial charge in [0.1, 0.15) is 11.6 Å². The largest absolute Gasteiger partial charge is 0.399 e. The van der Waals surface area contributed by atoms with Crippen LogP contribution in [0.2, 0.25) is 0 Å². The summed E-state index contributed by atoms with van der Waals surface area (Å²) in [5, 5.41) is 9.59. The molecule has 0 unspecified atom stereocenters. The molecule has 1 aliphatic carbocycles. The molecular weight excluding hydrogens is 625 g/mol. The summed E-state index contributed by atoms with van der Waals surface area (Å²) in [6.07, 6.45) is 20.6. The molecule has 1 aromatic carbocycles. The van der Waals surface area contributed by atoms with Crippen molar-refractivity contribution in [1.82, 2.24) is 15.6 Å². The van der Waals surface area contributed by atoms with Crippen LogP contribution in [0.3, 0.4) is 0 Å². The molecule has 3 rings (SSSR count). The molecule has 0 amide bonds. The van der Waals surface area contributed by atoms with Crippen LogP contribution < -0.4 is 21.7 Å². The van der Waals surface area contributed by atoms with Crippen molar-refractivity contribution in [2.45, 2.75) is 60.4 Å². The van der Waals surface area contributed by atoms with E-state index in [1.165, 1.54) is 12.1 Å². The van der Waals surface area contributed by atoms with Crippen molar-refractivity contribution in [3.05, 3.63) is 162 Å². The molecule has 0 radical (unpaired) electrons. The number of aromatic nitrogens is 1. The van der Waals surface area contributed by atoms with E-state index in [9.17, 15) is 4.39 Å². The molecule has 1 heterocycles. The number of benzene rings is 1. The van der Waals surface area contributed by atoms with Gasteiger partial charge in [0.2, 0.25) is 0 Å². The lowest BCUT2D eigenvalue weighted by Crippen LogP contribution is -2.12. The summed E-state index contributed by atoms with van der Waals surface area (Å²) in [5.74, 6) is -0.398. The SMILES string of the molecule is C#C.C=C/C(=C\C(=C/C)C(=C)/C(F)=C(CC(=C)Nc1cncc(-c2cc(F)cc(CNC)c2)c1C)\C(N)=C/C)NC(=C)C1CC1.C=C=C.CC. The Morgan fingerprint density at radius 3 is 2.22 bits per heavy atom. The minimum absolute atomic E-state index is 0.0999. The molecule has 5 N–H and O–H groups in total. The van der Waals surface area contributed by atoms with E-state index in [2.05, 4.69) is 79.0 Å². The zero-order valence-corrected chi connectivity index (χ0v) is 30.8. The molecule has 0 aliphatic heterocycles. The molecular formula is C43H55F2N5. The van der Waals surface area contributed by atoms with Crippen LogP contribution in [0.1, 0.15) is 58.1 Å². The highest BCUT2D eigenvalue weighted by molar-refractivity contribution is 5.73. The van der Waals surface area contributed by atoms with E-state index in [0.717, 1.165) is 35.2 Å². The molecule has 1 fully saturated rings. The molecule has 0 spiro atoms. The van der Waals surface area contributed by atoms with Gasteiger partial charge in [0.15, 0.2) is 0 Å². The van der Waals surface area contributed by atoms with Gasteiger partial charge in [-0.1, -0.05) is 65.5 Å². The van der Waals surface area contributed by atoms with E-state index in [1.807, 2.05) is 40.8 Å². The second kappa shape index (κ2) is 23.8. The Morgan fingerprint density at radius 2 is 1.70 bits per heavy atom. The second-order valence-electron chi connectivity index (χ2n) is 10.9. The third-order valence-electron chi connectivity index (χ3n) is 7.32. The molecule has 5 nitrogen and oxygen atoms in total. The van der Waals surface area contributed by atoms with E-state index in [-0.39, 0.29) is 29.1 Å². The van der Waals surface area contributed by atoms with Crippen molar-refractivity contribution >= 4 is 5.69 Å². The third-order valence-corrected chi connectivity index (χ3v) is 7.32. The van der Waals surface area contributed by atoms with Gasteiger partial charge in [0.05, 0.1) is 11.9 Å². The van der Waals surface area contributed by atoms with Crippen molar-refractivity contribution in [2.24, 2.45) is 11.7 Å². The molecule has 50 heavy (non-hydrogen) atoms. The molecule has 1 aliphatic rings. The number of pyridine rings is 1. The number of hydrogen-bond donors (Lipinski definition) is 4. The quantitative estimate of drug-likeness (QED) is 0.0856. The molecule has 0 saturated heterocycles. The number of nitrogens with zero attached hydrogens (tertiary/aromatic N) is 1. The summed E-state index contributed by atoms with van der Waals surface area (Å²) in [6.45, 7) is 32.5. The summed E-state index contributed by atoms with van der Waals surface area (Å²) in [7, 11) is 1.81. The number of anilines is 1. The lowest BCUT2D eigenvalue weighted by molar-refractivity contribution is 0.624. The standard InChI is InChI=1S/C36H43F2N5.C3H4.C2H6.C2H2/c1-9-27(18-31(10-2)43-25(7)28-12-13-28)23(5)36(38)32(34(39)11-3)14-22(4)42-35-21-41-20-33(24(35)6)29-15-26(19-40-8)16-30(37)17-29;1-3-2;2*1-2/h9-11,15-18,20-21,28,40,42-43H,2,4-5,7,12-14,19,39H2,1,3,6,8H3;1-2H2;1-2H3;1-2H/b27-9+,31-18+,34-11+,36-32+;;;. The lowest BCUT2D eigenvalue weighted by Gasteiger charge is -2.18. The minimum atomic E-state index is -0.534. The summed E-state index contributed by atoms with van der Waals surface area (Å²) in [5.41, 5.74) is 15.8. The highest BCUT2D eigenvalue weighted by Crippen LogP contribution is 2.35. The van der Waals surface area contributed by atoms with Crippen LogP contribution in [0, 0.1) is 31.5 Å². The Kier molecular flexibility index (Phi) is 21.3. The van der Waals surface area contributed by atoms with E-state index < -0.39 is 5.83 Å². The zero-order valence-electron chi connectivity index (χ0n) is 30.8. The highest BCUT2D eigenvalue weighted by Gasteiger charge is 2.25. The molecule has 7 heteroatoms. The molecule has 2 aromatic rings. The van der Waals surface area contributed by atoms with Crippen LogP contribution in [0.25, 0.3) is 11.1 Å². The van der Waals surface area contributed by atoms with Gasteiger partial charge in [0, 0.05) is 58.7 Å². The Morgan fingerprint density at radius 1 is 1.08 bits per heavy atom. The third kappa shape index (κ3) is 14.0. The van der Waals surface area contributed by atoms with Gasteiger partial charge >= 0.3 is 0 Å². The monoisotopic (exact) mass is 679 g/mol. The lowest BCUT2D eigenvalue weighted by atomic mass is 9.97. The van der Waals surface area contributed by atoms with E-state index in [0.29, 0.717) is 40.7 Å². The fraction of sp³-hybridized carbons (Fsp3) is 0.256. The predicted octanol–water partition coefficient (Wildman–Crippen LogP) is 10.6. The Balaban J connectivity index is 0.00000319. The average molecular weight is 680 g/mol. The van der Waals surface area contributed by atoms with Crippen molar-refractivity contribution in [2.75, 3.05) is 12.4 Å². The summed E-state index contributed by atoms with van der Waals surface area (Å²) in [6, 6.07) is 4.92. The summed E-state index contributed by atoms with van der Waals surface area (Å²) < 4.78 is 30.5. The van der Waals surface area contributed by atoms with Crippen molar-refractivity contribution in [3.63, 3.8) is 0 Å². The van der Waals surface area contributed by atoms with Crippen LogP contribution in [0.4, 0.5) is 14.5 Å². The molecule has 1 saturated carbocycles. The fourth-order valence-electron chi connectivity index (χ4n) is 4.67. The molecule has 1 aromatic heterocycles. The minimum Gasteiger partial charge on any atom is -0.399 e. The fourth-order valence-corrected chi connectivity index (χ4v) is 4.67. The number of nitrogens with one attached hydrogen (secondary N) is 3. The maximum atomic E-state index is 16.1. The number of halogens is 2. The van der Waals surface area contributed by atoms with Gasteiger partial charge in [-0.25, -0.2) is 8.78 Å². The first-order valence-corrected chi connectivity index (χ1v) is 16.4. The van der Waals surface area contributed by atoms with Gasteiger partial charge < -0.3 is 21.7 Å². The Labute approximate surface area is 300 Å². The Bertz CT molecular complexity index is 1670. The van der Waals surface area contributed by atoms with Crippen molar-refractivity contribution in [3.8, 4) is 24.0 Å². The maximum Gasteiger partial charge on any atom is 0.136 e. The van der Waals surface area contributed by atoms with Gasteiger partial charge in [-0.3, -0.25) is 4.98 Å². The van der Waals surface area contributed by atoms with Crippen LogP contribution >= 0.6 is 0 Å². The smallest absolute Gasteiger partial charge is 0.136 e. The number of hydrogen-bond acceptors (Lipinski definition) is 5. The molecule has 0 bridgehead atoms. The highest BCUT2D eigenvalue weighted by atomic mass is 19.1. The number of rotatable bonds is 15. The topological polar surface area (TPSA) is 75.0 Å². The van der Waals surface area contributed by atoms with Crippen molar-refractivity contribution < 1.29 is 8.78 Å². The van der Waals surface area contributed by atoms with E-state index in [1.54, 1.807) is 43.6 Å². The van der Waals surface area contributed by atoms with Gasteiger partial charge in [-0.2, -0.15) is 0 Å². The zero-order chi connectivity index (χ0) is 38.4. The number of terminal acetylenes is 1. The first-order valence-electron chi connectivity index (χ1n) is 16.4. The van der Waals surface area contributed by atoms with Gasteiger partial charge in [-0.15, -0.1) is 18.6 Å². The number of allylic oxidation sites excluding steroid dienone is 10.